The molecule has 2 aromatic rings. The maximum Gasteiger partial charge on any atom is 0.258 e. The van der Waals surface area contributed by atoms with Gasteiger partial charge < -0.3 is 9.64 Å². The second-order valence-electron chi connectivity index (χ2n) is 5.15. The molecule has 3 rings (SSSR count). The maximum atomic E-state index is 12.8. The highest BCUT2D eigenvalue weighted by Gasteiger charge is 2.23. The Kier molecular flexibility index (Phi) is 3.91. The number of hydrogen-bond acceptors (Lipinski definition) is 2. The molecule has 0 atom stereocenters. The first-order valence-electron chi connectivity index (χ1n) is 7.42. The molecule has 1 aliphatic heterocycles. The largest absolute Gasteiger partial charge is 0.494 e. The molecule has 0 aliphatic carbocycles. The quantitative estimate of drug-likeness (QED) is 0.859. The van der Waals surface area contributed by atoms with Gasteiger partial charge in [0.1, 0.15) is 5.75 Å². The minimum atomic E-state index is 0.0451. The number of nitrogens with zero attached hydrogens (tertiary/aromatic N) is 1. The third-order valence-corrected chi connectivity index (χ3v) is 3.75. The van der Waals surface area contributed by atoms with Gasteiger partial charge in [-0.2, -0.15) is 0 Å². The number of para-hydroxylation sites is 1. The van der Waals surface area contributed by atoms with E-state index >= 15 is 0 Å². The number of carbonyl (C=O) groups excluding carboxylic acids is 1. The van der Waals surface area contributed by atoms with Crippen molar-refractivity contribution in [2.24, 2.45) is 0 Å². The Morgan fingerprint density at radius 3 is 2.90 bits per heavy atom. The molecule has 0 radical (unpaired) electrons. The second-order valence-corrected chi connectivity index (χ2v) is 5.15. The fourth-order valence-electron chi connectivity index (χ4n) is 2.79. The van der Waals surface area contributed by atoms with Crippen LogP contribution in [0, 0.1) is 0 Å². The number of hydrogen-bond donors (Lipinski definition) is 0. The van der Waals surface area contributed by atoms with E-state index in [1.165, 1.54) is 5.56 Å². The summed E-state index contributed by atoms with van der Waals surface area (Å²) in [5.74, 6) is 0.789. The summed E-state index contributed by atoms with van der Waals surface area (Å²) in [5, 5.41) is 0. The first-order valence-corrected chi connectivity index (χ1v) is 7.42. The van der Waals surface area contributed by atoms with Gasteiger partial charge in [0.05, 0.1) is 6.61 Å². The van der Waals surface area contributed by atoms with Crippen LogP contribution in [-0.2, 0) is 6.42 Å². The van der Waals surface area contributed by atoms with Crippen LogP contribution in [-0.4, -0.2) is 19.1 Å². The molecule has 2 aromatic carbocycles. The predicted molar refractivity (Wildman–Crippen MR) is 84.1 cm³/mol. The average Bonchev–Trinajstić information content (AvgIpc) is 2.54. The van der Waals surface area contributed by atoms with Crippen molar-refractivity contribution < 1.29 is 9.53 Å². The average molecular weight is 281 g/mol. The Bertz CT molecular complexity index is 651. The monoisotopic (exact) mass is 281 g/mol. The van der Waals surface area contributed by atoms with Gasteiger partial charge >= 0.3 is 0 Å². The van der Waals surface area contributed by atoms with Crippen molar-refractivity contribution in [2.75, 3.05) is 18.1 Å². The van der Waals surface area contributed by atoms with E-state index in [1.54, 1.807) is 0 Å². The molecule has 1 aliphatic rings. The van der Waals surface area contributed by atoms with Gasteiger partial charge in [-0.15, -0.1) is 0 Å². The number of anilines is 1. The van der Waals surface area contributed by atoms with Gasteiger partial charge in [-0.3, -0.25) is 4.79 Å². The van der Waals surface area contributed by atoms with Gasteiger partial charge in [-0.05, 0) is 49.6 Å². The lowest BCUT2D eigenvalue weighted by Crippen LogP contribution is -2.35. The number of rotatable bonds is 3. The molecule has 108 valence electrons. The standard InChI is InChI=1S/C18H19NO2/c1-2-21-16-10-5-8-15(13-16)18(20)19-12-6-9-14-7-3-4-11-17(14)19/h3-5,7-8,10-11,13H,2,6,9,12H2,1H3. The Labute approximate surface area is 125 Å². The molecule has 1 heterocycles. The van der Waals surface area contributed by atoms with Crippen molar-refractivity contribution in [2.45, 2.75) is 19.8 Å². The van der Waals surface area contributed by atoms with E-state index in [1.807, 2.05) is 54.3 Å². The van der Waals surface area contributed by atoms with E-state index in [-0.39, 0.29) is 5.91 Å². The minimum absolute atomic E-state index is 0.0451. The van der Waals surface area contributed by atoms with Crippen LogP contribution in [0.1, 0.15) is 29.3 Å². The fraction of sp³-hybridized carbons (Fsp3) is 0.278. The van der Waals surface area contributed by atoms with Crippen LogP contribution in [0.15, 0.2) is 48.5 Å². The van der Waals surface area contributed by atoms with Gasteiger partial charge in [0, 0.05) is 17.8 Å². The van der Waals surface area contributed by atoms with Crippen LogP contribution in [0.2, 0.25) is 0 Å². The van der Waals surface area contributed by atoms with Gasteiger partial charge in [0.2, 0.25) is 0 Å². The molecule has 0 saturated heterocycles. The van der Waals surface area contributed by atoms with Crippen molar-refractivity contribution in [3.05, 3.63) is 59.7 Å². The predicted octanol–water partition coefficient (Wildman–Crippen LogP) is 3.68. The van der Waals surface area contributed by atoms with Crippen LogP contribution in [0.5, 0.6) is 5.75 Å². The molecule has 21 heavy (non-hydrogen) atoms. The fourth-order valence-corrected chi connectivity index (χ4v) is 2.79. The van der Waals surface area contributed by atoms with E-state index in [0.717, 1.165) is 30.8 Å². The zero-order chi connectivity index (χ0) is 14.7. The molecule has 0 bridgehead atoms. The van der Waals surface area contributed by atoms with Gasteiger partial charge in [-0.1, -0.05) is 24.3 Å². The molecule has 0 N–H and O–H groups in total. The molecule has 0 aromatic heterocycles. The topological polar surface area (TPSA) is 29.5 Å². The molecular weight excluding hydrogens is 262 g/mol. The summed E-state index contributed by atoms with van der Waals surface area (Å²) < 4.78 is 5.48. The first-order chi connectivity index (χ1) is 10.3. The van der Waals surface area contributed by atoms with Crippen LogP contribution in [0.4, 0.5) is 5.69 Å². The van der Waals surface area contributed by atoms with Gasteiger partial charge in [0.25, 0.3) is 5.91 Å². The summed E-state index contributed by atoms with van der Waals surface area (Å²) in [5.41, 5.74) is 2.96. The summed E-state index contributed by atoms with van der Waals surface area (Å²) >= 11 is 0. The van der Waals surface area contributed by atoms with E-state index in [2.05, 4.69) is 6.07 Å². The highest BCUT2D eigenvalue weighted by molar-refractivity contribution is 6.06. The Hall–Kier alpha value is -2.29. The van der Waals surface area contributed by atoms with Gasteiger partial charge in [0.15, 0.2) is 0 Å². The smallest absolute Gasteiger partial charge is 0.258 e. The Morgan fingerprint density at radius 1 is 1.19 bits per heavy atom. The maximum absolute atomic E-state index is 12.8. The van der Waals surface area contributed by atoms with Crippen molar-refractivity contribution in [3.63, 3.8) is 0 Å². The third kappa shape index (κ3) is 2.77. The Balaban J connectivity index is 1.91. The van der Waals surface area contributed by atoms with E-state index in [9.17, 15) is 4.79 Å². The molecule has 3 nitrogen and oxygen atoms in total. The number of aryl methyl sites for hydroxylation is 1. The lowest BCUT2D eigenvalue weighted by Gasteiger charge is -2.29. The Morgan fingerprint density at radius 2 is 2.05 bits per heavy atom. The SMILES string of the molecule is CCOc1cccc(C(=O)N2CCCc3ccccc32)c1. The summed E-state index contributed by atoms with van der Waals surface area (Å²) in [6, 6.07) is 15.6. The van der Waals surface area contributed by atoms with E-state index < -0.39 is 0 Å². The highest BCUT2D eigenvalue weighted by Crippen LogP contribution is 2.28. The van der Waals surface area contributed by atoms with Crippen molar-refractivity contribution >= 4 is 11.6 Å². The lowest BCUT2D eigenvalue weighted by atomic mass is 10.0. The zero-order valence-electron chi connectivity index (χ0n) is 12.2. The van der Waals surface area contributed by atoms with Crippen LogP contribution < -0.4 is 9.64 Å². The number of fused-ring (bicyclic) bond motifs is 1. The molecule has 0 saturated carbocycles. The lowest BCUT2D eigenvalue weighted by molar-refractivity contribution is 0.0984. The molecule has 0 fully saturated rings. The zero-order valence-corrected chi connectivity index (χ0v) is 12.2. The van der Waals surface area contributed by atoms with Crippen molar-refractivity contribution in [1.82, 2.24) is 0 Å². The van der Waals surface area contributed by atoms with Gasteiger partial charge in [-0.25, -0.2) is 0 Å². The normalized spacial score (nSPS) is 13.7. The van der Waals surface area contributed by atoms with E-state index in [0.29, 0.717) is 12.2 Å². The first kappa shape index (κ1) is 13.7. The molecule has 1 amide bonds. The number of ether oxygens (including phenoxy) is 1. The summed E-state index contributed by atoms with van der Waals surface area (Å²) in [4.78, 5) is 14.7. The number of carbonyl (C=O) groups is 1. The van der Waals surface area contributed by atoms with Crippen LogP contribution >= 0.6 is 0 Å². The van der Waals surface area contributed by atoms with Crippen molar-refractivity contribution in [1.29, 1.82) is 0 Å². The number of benzene rings is 2. The minimum Gasteiger partial charge on any atom is -0.494 e. The van der Waals surface area contributed by atoms with Crippen LogP contribution in [0.25, 0.3) is 0 Å². The molecular formula is C18H19NO2. The van der Waals surface area contributed by atoms with Crippen LogP contribution in [0.3, 0.4) is 0 Å². The molecule has 0 unspecified atom stereocenters. The summed E-state index contributed by atoms with van der Waals surface area (Å²) in [6.45, 7) is 3.31. The second kappa shape index (κ2) is 6.00. The molecule has 3 heteroatoms. The number of amides is 1. The highest BCUT2D eigenvalue weighted by atomic mass is 16.5. The summed E-state index contributed by atoms with van der Waals surface area (Å²) in [7, 11) is 0. The summed E-state index contributed by atoms with van der Waals surface area (Å²) in [6.07, 6.45) is 2.05. The van der Waals surface area contributed by atoms with E-state index in [4.69, 9.17) is 4.74 Å². The molecule has 0 spiro atoms. The van der Waals surface area contributed by atoms with Crippen molar-refractivity contribution in [3.8, 4) is 5.75 Å². The third-order valence-electron chi connectivity index (χ3n) is 3.75.